The van der Waals surface area contributed by atoms with Crippen molar-refractivity contribution in [1.82, 2.24) is 0 Å². The monoisotopic (exact) mass is 454 g/mol. The highest BCUT2D eigenvalue weighted by Crippen LogP contribution is 2.38. The van der Waals surface area contributed by atoms with Crippen LogP contribution in [0.2, 0.25) is 23.2 Å². The van der Waals surface area contributed by atoms with Gasteiger partial charge < -0.3 is 8.85 Å². The van der Waals surface area contributed by atoms with Crippen molar-refractivity contribution in [1.29, 1.82) is 0 Å². The molecule has 0 unspecified atom stereocenters. The fraction of sp³-hybridized carbons (Fsp3) is 0.481. The third kappa shape index (κ3) is 6.07. The van der Waals surface area contributed by atoms with Gasteiger partial charge in [-0.25, -0.2) is 0 Å². The van der Waals surface area contributed by atoms with E-state index in [0.717, 1.165) is 0 Å². The molecule has 2 aromatic rings. The first-order valence-electron chi connectivity index (χ1n) is 11.4. The van der Waals surface area contributed by atoms with E-state index in [4.69, 9.17) is 8.85 Å². The Morgan fingerprint density at radius 1 is 0.774 bits per heavy atom. The first kappa shape index (κ1) is 25.8. The Bertz CT molecular complexity index is 792. The third-order valence-corrected chi connectivity index (χ3v) is 16.2. The summed E-state index contributed by atoms with van der Waals surface area (Å²) < 4.78 is 13.4. The highest BCUT2D eigenvalue weighted by molar-refractivity contribution is 6.99. The molecule has 0 aliphatic carbocycles. The maximum atomic E-state index is 7.08. The first-order valence-corrected chi connectivity index (χ1v) is 16.2. The average Bonchev–Trinajstić information content (AvgIpc) is 2.69. The van der Waals surface area contributed by atoms with E-state index >= 15 is 0 Å². The van der Waals surface area contributed by atoms with E-state index in [9.17, 15) is 0 Å². The van der Waals surface area contributed by atoms with Gasteiger partial charge in [-0.2, -0.15) is 0 Å². The zero-order valence-electron chi connectivity index (χ0n) is 21.0. The highest BCUT2D eigenvalue weighted by atomic mass is 28.4. The van der Waals surface area contributed by atoms with Crippen molar-refractivity contribution < 1.29 is 8.85 Å². The van der Waals surface area contributed by atoms with Gasteiger partial charge in [-0.15, -0.1) is 0 Å². The Hall–Kier alpha value is -1.47. The summed E-state index contributed by atoms with van der Waals surface area (Å²) in [6.45, 7) is 21.2. The molecule has 2 aromatic carbocycles. The second-order valence-electron chi connectivity index (χ2n) is 11.0. The van der Waals surface area contributed by atoms with Gasteiger partial charge >= 0.3 is 0 Å². The minimum Gasteiger partial charge on any atom is -0.413 e. The Balaban J connectivity index is 2.32. The van der Waals surface area contributed by atoms with E-state index in [1.165, 1.54) is 10.4 Å². The quantitative estimate of drug-likeness (QED) is 0.333. The molecule has 0 amide bonds. The third-order valence-electron chi connectivity index (χ3n) is 6.53. The molecule has 1 atom stereocenters. The Kier molecular flexibility index (Phi) is 8.31. The summed E-state index contributed by atoms with van der Waals surface area (Å²) >= 11 is 0. The number of hydrogen-bond donors (Lipinski definition) is 0. The summed E-state index contributed by atoms with van der Waals surface area (Å²) in [6.07, 6.45) is 4.31. The van der Waals surface area contributed by atoms with Crippen LogP contribution in [-0.4, -0.2) is 29.3 Å². The van der Waals surface area contributed by atoms with Crippen molar-refractivity contribution in [3.8, 4) is 0 Å². The maximum Gasteiger partial charge on any atom is 0.261 e. The fourth-order valence-corrected chi connectivity index (χ4v) is 9.33. The number of benzene rings is 2. The smallest absolute Gasteiger partial charge is 0.261 e. The predicted molar refractivity (Wildman–Crippen MR) is 140 cm³/mol. The van der Waals surface area contributed by atoms with Gasteiger partial charge in [0.25, 0.3) is 8.32 Å². The van der Waals surface area contributed by atoms with Gasteiger partial charge in [-0.1, -0.05) is 114 Å². The van der Waals surface area contributed by atoms with Crippen molar-refractivity contribution in [2.45, 2.75) is 77.7 Å². The zero-order chi connectivity index (χ0) is 23.3. The predicted octanol–water partition coefficient (Wildman–Crippen LogP) is 6.53. The molecule has 0 spiro atoms. The normalized spacial score (nSPS) is 14.7. The molecule has 0 saturated carbocycles. The van der Waals surface area contributed by atoms with Crippen molar-refractivity contribution in [2.24, 2.45) is 0 Å². The van der Waals surface area contributed by atoms with Crippen LogP contribution in [0.25, 0.3) is 0 Å². The SMILES string of the molecule is C[C@@H](/C=C\CO[Si](C)(C)C(C)(C)C)O[Si](c1ccccc1)(c1ccccc1)C(C)(C)C. The molecule has 0 radical (unpaired) electrons. The lowest BCUT2D eigenvalue weighted by atomic mass is 10.2. The molecule has 0 aliphatic heterocycles. The van der Waals surface area contributed by atoms with Crippen LogP contribution >= 0.6 is 0 Å². The van der Waals surface area contributed by atoms with Crippen molar-refractivity contribution in [3.63, 3.8) is 0 Å². The van der Waals surface area contributed by atoms with E-state index in [1.54, 1.807) is 0 Å². The van der Waals surface area contributed by atoms with Gasteiger partial charge in [0.15, 0.2) is 8.32 Å². The molecule has 0 aliphatic rings. The van der Waals surface area contributed by atoms with Crippen LogP contribution in [0.15, 0.2) is 72.8 Å². The minimum absolute atomic E-state index is 0.00526. The van der Waals surface area contributed by atoms with E-state index in [-0.39, 0.29) is 16.2 Å². The lowest BCUT2D eigenvalue weighted by molar-refractivity contribution is 0.250. The molecule has 2 nitrogen and oxygen atoms in total. The molecule has 0 fully saturated rings. The standard InChI is InChI=1S/C27H42O2Si2/c1-23(17-16-22-28-30(8,9)26(2,3)4)29-31(27(5,6)7,24-18-12-10-13-19-24)25-20-14-11-15-21-25/h10-21,23H,22H2,1-9H3/b17-16-/t23-/m0/s1. The molecule has 0 N–H and O–H groups in total. The Morgan fingerprint density at radius 2 is 1.23 bits per heavy atom. The van der Waals surface area contributed by atoms with Crippen LogP contribution < -0.4 is 10.4 Å². The molecule has 2 rings (SSSR count). The lowest BCUT2D eigenvalue weighted by Gasteiger charge is -2.44. The second-order valence-corrected chi connectivity index (χ2v) is 20.0. The van der Waals surface area contributed by atoms with E-state index in [0.29, 0.717) is 6.61 Å². The summed E-state index contributed by atoms with van der Waals surface area (Å²) in [7, 11) is -4.26. The number of rotatable bonds is 8. The van der Waals surface area contributed by atoms with Crippen LogP contribution in [0.3, 0.4) is 0 Å². The van der Waals surface area contributed by atoms with Crippen molar-refractivity contribution in [2.75, 3.05) is 6.61 Å². The van der Waals surface area contributed by atoms with Crippen LogP contribution in [-0.2, 0) is 8.85 Å². The van der Waals surface area contributed by atoms with Gasteiger partial charge in [0.05, 0.1) is 12.7 Å². The summed E-state index contributed by atoms with van der Waals surface area (Å²) in [5, 5.41) is 2.82. The van der Waals surface area contributed by atoms with E-state index < -0.39 is 16.6 Å². The molecule has 4 heteroatoms. The van der Waals surface area contributed by atoms with E-state index in [1.807, 2.05) is 0 Å². The molecule has 0 heterocycles. The maximum absolute atomic E-state index is 7.08. The first-order chi connectivity index (χ1) is 14.3. The second kappa shape index (κ2) is 9.99. The largest absolute Gasteiger partial charge is 0.413 e. The van der Waals surface area contributed by atoms with Gasteiger partial charge in [0.2, 0.25) is 0 Å². The van der Waals surface area contributed by atoms with Crippen molar-refractivity contribution >= 4 is 27.0 Å². The summed E-state index contributed by atoms with van der Waals surface area (Å²) in [4.78, 5) is 0. The molecule has 0 saturated heterocycles. The zero-order valence-corrected chi connectivity index (χ0v) is 23.0. The van der Waals surface area contributed by atoms with Crippen LogP contribution in [0.5, 0.6) is 0 Å². The van der Waals surface area contributed by atoms with Gasteiger partial charge in [-0.05, 0) is 40.5 Å². The van der Waals surface area contributed by atoms with Gasteiger partial charge in [0.1, 0.15) is 0 Å². The fourth-order valence-electron chi connectivity index (χ4n) is 3.73. The molecule has 0 bridgehead atoms. The molecule has 0 aromatic heterocycles. The van der Waals surface area contributed by atoms with Crippen LogP contribution in [0.1, 0.15) is 48.5 Å². The Labute approximate surface area is 193 Å². The van der Waals surface area contributed by atoms with Gasteiger partial charge in [-0.3, -0.25) is 0 Å². The topological polar surface area (TPSA) is 18.5 Å². The molecular weight excluding hydrogens is 412 g/mol. The average molecular weight is 455 g/mol. The highest BCUT2D eigenvalue weighted by Gasteiger charge is 2.50. The van der Waals surface area contributed by atoms with E-state index in [2.05, 4.69) is 134 Å². The minimum atomic E-state index is -2.52. The Morgan fingerprint density at radius 3 is 1.61 bits per heavy atom. The number of hydrogen-bond acceptors (Lipinski definition) is 2. The summed E-state index contributed by atoms with van der Waals surface area (Å²) in [5.74, 6) is 0. The molecule has 31 heavy (non-hydrogen) atoms. The lowest BCUT2D eigenvalue weighted by Crippen LogP contribution is -2.67. The summed E-state index contributed by atoms with van der Waals surface area (Å²) in [5.41, 5.74) is 0. The van der Waals surface area contributed by atoms with Crippen LogP contribution in [0, 0.1) is 0 Å². The molecule has 170 valence electrons. The van der Waals surface area contributed by atoms with Crippen molar-refractivity contribution in [3.05, 3.63) is 72.8 Å². The van der Waals surface area contributed by atoms with Crippen LogP contribution in [0.4, 0.5) is 0 Å². The summed E-state index contributed by atoms with van der Waals surface area (Å²) in [6, 6.07) is 21.6. The molecular formula is C27H42O2Si2. The van der Waals surface area contributed by atoms with Gasteiger partial charge in [0, 0.05) is 0 Å².